The normalized spacial score (nSPS) is 17.2. The fourth-order valence-corrected chi connectivity index (χ4v) is 3.11. The first kappa shape index (κ1) is 17.8. The summed E-state index contributed by atoms with van der Waals surface area (Å²) in [5, 5.41) is 2.96. The molecule has 1 N–H and O–H groups in total. The second kappa shape index (κ2) is 7.47. The predicted molar refractivity (Wildman–Crippen MR) is 101 cm³/mol. The number of carbonyl (C=O) groups is 2. The highest BCUT2D eigenvalue weighted by Gasteiger charge is 2.32. The molecule has 3 amide bonds. The number of nitrogens with zero attached hydrogens (tertiary/aromatic N) is 2. The molecule has 1 saturated heterocycles. The summed E-state index contributed by atoms with van der Waals surface area (Å²) in [5.41, 5.74) is 2.54. The van der Waals surface area contributed by atoms with Gasteiger partial charge in [-0.25, -0.2) is 4.79 Å². The average Bonchev–Trinajstić information content (AvgIpc) is 2.66. The Morgan fingerprint density at radius 1 is 1.15 bits per heavy atom. The zero-order valence-corrected chi connectivity index (χ0v) is 15.2. The maximum absolute atomic E-state index is 12.8. The summed E-state index contributed by atoms with van der Waals surface area (Å²) in [6.45, 7) is 2.80. The van der Waals surface area contributed by atoms with Crippen LogP contribution in [0, 0.1) is 0 Å². The van der Waals surface area contributed by atoms with Crippen LogP contribution >= 0.6 is 0 Å². The molecule has 0 saturated carbocycles. The van der Waals surface area contributed by atoms with Crippen LogP contribution in [0.25, 0.3) is 11.1 Å². The fourth-order valence-electron chi connectivity index (χ4n) is 3.11. The third-order valence-electron chi connectivity index (χ3n) is 4.69. The van der Waals surface area contributed by atoms with Gasteiger partial charge in [0.2, 0.25) is 5.91 Å². The molecule has 6 heteroatoms. The summed E-state index contributed by atoms with van der Waals surface area (Å²) in [6, 6.07) is 14.5. The number of methoxy groups -OCH3 is 1. The minimum absolute atomic E-state index is 0.0486. The van der Waals surface area contributed by atoms with Gasteiger partial charge in [0.05, 0.1) is 12.8 Å². The second-order valence-electron chi connectivity index (χ2n) is 6.34. The minimum atomic E-state index is -0.474. The molecule has 0 radical (unpaired) electrons. The van der Waals surface area contributed by atoms with Crippen LogP contribution in [0.1, 0.15) is 6.92 Å². The monoisotopic (exact) mass is 353 g/mol. The van der Waals surface area contributed by atoms with E-state index in [-0.39, 0.29) is 11.9 Å². The topological polar surface area (TPSA) is 61.9 Å². The van der Waals surface area contributed by atoms with Crippen LogP contribution in [0.5, 0.6) is 5.75 Å². The number of rotatable bonds is 3. The first-order valence-electron chi connectivity index (χ1n) is 8.57. The molecule has 0 bridgehead atoms. The molecule has 2 aromatic carbocycles. The van der Waals surface area contributed by atoms with E-state index in [1.807, 2.05) is 48.5 Å². The summed E-state index contributed by atoms with van der Waals surface area (Å²) >= 11 is 0. The Kier molecular flexibility index (Phi) is 5.11. The molecular formula is C20H23N3O3. The largest absolute Gasteiger partial charge is 0.497 e. The molecule has 1 fully saturated rings. The molecule has 26 heavy (non-hydrogen) atoms. The Morgan fingerprint density at radius 3 is 2.69 bits per heavy atom. The lowest BCUT2D eigenvalue weighted by Crippen LogP contribution is -2.57. The van der Waals surface area contributed by atoms with Gasteiger partial charge in [0, 0.05) is 25.7 Å². The van der Waals surface area contributed by atoms with Crippen LogP contribution < -0.4 is 10.1 Å². The number of piperazine rings is 1. The van der Waals surface area contributed by atoms with Gasteiger partial charge in [-0.1, -0.05) is 30.3 Å². The number of para-hydroxylation sites is 1. The number of likely N-dealkylation sites (N-methyl/N-ethyl adjacent to an activating group) is 1. The van der Waals surface area contributed by atoms with Crippen LogP contribution in [0.4, 0.5) is 10.5 Å². The van der Waals surface area contributed by atoms with Gasteiger partial charge >= 0.3 is 6.03 Å². The number of hydrogen-bond donors (Lipinski definition) is 1. The molecule has 1 heterocycles. The van der Waals surface area contributed by atoms with E-state index in [0.29, 0.717) is 18.8 Å². The van der Waals surface area contributed by atoms with Gasteiger partial charge in [0.1, 0.15) is 11.8 Å². The lowest BCUT2D eigenvalue weighted by Gasteiger charge is -2.37. The van der Waals surface area contributed by atoms with Crippen molar-refractivity contribution in [3.8, 4) is 16.9 Å². The van der Waals surface area contributed by atoms with Crippen LogP contribution in [0.3, 0.4) is 0 Å². The van der Waals surface area contributed by atoms with Crippen molar-refractivity contribution in [2.75, 3.05) is 32.6 Å². The highest BCUT2D eigenvalue weighted by Crippen LogP contribution is 2.30. The number of urea groups is 1. The van der Waals surface area contributed by atoms with Crippen LogP contribution in [-0.4, -0.2) is 55.0 Å². The summed E-state index contributed by atoms with van der Waals surface area (Å²) in [6.07, 6.45) is 0. The number of amides is 3. The van der Waals surface area contributed by atoms with Gasteiger partial charge in [-0.15, -0.1) is 0 Å². The van der Waals surface area contributed by atoms with E-state index in [1.165, 1.54) is 0 Å². The second-order valence-corrected chi connectivity index (χ2v) is 6.34. The molecule has 1 atom stereocenters. The van der Waals surface area contributed by atoms with Crippen LogP contribution in [0.2, 0.25) is 0 Å². The summed E-state index contributed by atoms with van der Waals surface area (Å²) in [7, 11) is 3.38. The number of hydrogen-bond acceptors (Lipinski definition) is 3. The van der Waals surface area contributed by atoms with Crippen LogP contribution in [-0.2, 0) is 4.79 Å². The third-order valence-corrected chi connectivity index (χ3v) is 4.69. The van der Waals surface area contributed by atoms with Gasteiger partial charge in [0.15, 0.2) is 0 Å². The zero-order chi connectivity index (χ0) is 18.7. The number of benzene rings is 2. The van der Waals surface area contributed by atoms with E-state index in [2.05, 4.69) is 5.32 Å². The molecule has 1 aliphatic rings. The first-order valence-corrected chi connectivity index (χ1v) is 8.57. The molecule has 6 nitrogen and oxygen atoms in total. The molecule has 0 spiro atoms. The maximum atomic E-state index is 12.8. The standard InChI is InChI=1S/C20H23N3O3/c1-14-19(24)22(2)11-12-23(14)20(25)21-18-10-5-4-9-17(18)15-7-6-8-16(13-15)26-3/h4-10,13-14H,11-12H2,1-3H3,(H,21,25)/t14-/m1/s1. The van der Waals surface area contributed by atoms with Gasteiger partial charge in [-0.2, -0.15) is 0 Å². The summed E-state index contributed by atoms with van der Waals surface area (Å²) in [4.78, 5) is 28.1. The van der Waals surface area contributed by atoms with Crippen molar-refractivity contribution in [3.05, 3.63) is 48.5 Å². The zero-order valence-electron chi connectivity index (χ0n) is 15.2. The fraction of sp³-hybridized carbons (Fsp3) is 0.300. The molecular weight excluding hydrogens is 330 g/mol. The molecule has 0 aliphatic carbocycles. The minimum Gasteiger partial charge on any atom is -0.497 e. The van der Waals surface area contributed by atoms with E-state index >= 15 is 0 Å². The third kappa shape index (κ3) is 3.49. The molecule has 2 aromatic rings. The Balaban J connectivity index is 1.84. The van der Waals surface area contributed by atoms with Gasteiger partial charge < -0.3 is 19.9 Å². The molecule has 136 valence electrons. The summed E-state index contributed by atoms with van der Waals surface area (Å²) < 4.78 is 5.29. The average molecular weight is 353 g/mol. The van der Waals surface area contributed by atoms with Crippen molar-refractivity contribution in [1.29, 1.82) is 0 Å². The quantitative estimate of drug-likeness (QED) is 0.922. The van der Waals surface area contributed by atoms with Gasteiger partial charge in [0.25, 0.3) is 0 Å². The number of ether oxygens (including phenoxy) is 1. The Morgan fingerprint density at radius 2 is 1.92 bits per heavy atom. The van der Waals surface area contributed by atoms with E-state index < -0.39 is 6.04 Å². The number of anilines is 1. The van der Waals surface area contributed by atoms with Crippen molar-refractivity contribution in [1.82, 2.24) is 9.80 Å². The highest BCUT2D eigenvalue weighted by atomic mass is 16.5. The maximum Gasteiger partial charge on any atom is 0.322 e. The molecule has 3 rings (SSSR count). The Bertz CT molecular complexity index is 821. The van der Waals surface area contributed by atoms with Gasteiger partial charge in [-0.3, -0.25) is 4.79 Å². The molecule has 1 aliphatic heterocycles. The number of nitrogens with one attached hydrogen (secondary N) is 1. The van der Waals surface area contributed by atoms with Crippen molar-refractivity contribution in [2.45, 2.75) is 13.0 Å². The lowest BCUT2D eigenvalue weighted by molar-refractivity contribution is -0.137. The number of carbonyl (C=O) groups excluding carboxylic acids is 2. The van der Waals surface area contributed by atoms with Crippen molar-refractivity contribution < 1.29 is 14.3 Å². The smallest absolute Gasteiger partial charge is 0.322 e. The van der Waals surface area contributed by atoms with Gasteiger partial charge in [-0.05, 0) is 30.7 Å². The van der Waals surface area contributed by atoms with E-state index in [9.17, 15) is 9.59 Å². The Hall–Kier alpha value is -3.02. The van der Waals surface area contributed by atoms with Crippen molar-refractivity contribution in [3.63, 3.8) is 0 Å². The lowest BCUT2D eigenvalue weighted by atomic mass is 10.0. The van der Waals surface area contributed by atoms with E-state index in [4.69, 9.17) is 4.74 Å². The highest BCUT2D eigenvalue weighted by molar-refractivity contribution is 5.97. The predicted octanol–water partition coefficient (Wildman–Crippen LogP) is 3.06. The van der Waals surface area contributed by atoms with Crippen molar-refractivity contribution in [2.24, 2.45) is 0 Å². The molecule has 0 aromatic heterocycles. The molecule has 0 unspecified atom stereocenters. The summed E-state index contributed by atoms with van der Waals surface area (Å²) in [5.74, 6) is 0.703. The Labute approximate surface area is 153 Å². The first-order chi connectivity index (χ1) is 12.5. The SMILES string of the molecule is COc1cccc(-c2ccccc2NC(=O)N2CCN(C)C(=O)[C@H]2C)c1. The van der Waals surface area contributed by atoms with E-state index in [1.54, 1.807) is 30.9 Å². The van der Waals surface area contributed by atoms with Crippen molar-refractivity contribution >= 4 is 17.6 Å². The van der Waals surface area contributed by atoms with Crippen LogP contribution in [0.15, 0.2) is 48.5 Å². The van der Waals surface area contributed by atoms with E-state index in [0.717, 1.165) is 16.9 Å².